The molecular weight excluding hydrogens is 384 g/mol. The number of hydrogen-bond donors (Lipinski definition) is 2. The maximum atomic E-state index is 12.1. The van der Waals surface area contributed by atoms with Crippen molar-refractivity contribution in [1.82, 2.24) is 10.3 Å². The number of nitrogens with zero attached hydrogens (tertiary/aromatic N) is 2. The first-order valence-electron chi connectivity index (χ1n) is 10.3. The number of amides is 2. The predicted octanol–water partition coefficient (Wildman–Crippen LogP) is 1.96. The summed E-state index contributed by atoms with van der Waals surface area (Å²) in [5.74, 6) is 0.285. The van der Waals surface area contributed by atoms with Crippen molar-refractivity contribution in [2.45, 2.75) is 19.4 Å². The van der Waals surface area contributed by atoms with Crippen molar-refractivity contribution in [3.63, 3.8) is 0 Å². The van der Waals surface area contributed by atoms with Gasteiger partial charge in [-0.05, 0) is 36.6 Å². The lowest BCUT2D eigenvalue weighted by Gasteiger charge is -2.28. The van der Waals surface area contributed by atoms with E-state index < -0.39 is 0 Å². The van der Waals surface area contributed by atoms with Crippen molar-refractivity contribution in [3.8, 4) is 5.88 Å². The maximum absolute atomic E-state index is 12.1. The number of anilines is 2. The van der Waals surface area contributed by atoms with Gasteiger partial charge in [0.25, 0.3) is 5.91 Å². The highest BCUT2D eigenvalue weighted by atomic mass is 16.5. The van der Waals surface area contributed by atoms with Crippen LogP contribution in [0.1, 0.15) is 18.4 Å². The first kappa shape index (κ1) is 20.2. The highest BCUT2D eigenvalue weighted by molar-refractivity contribution is 5.93. The Bertz CT molecular complexity index is 860. The molecule has 4 rings (SSSR count). The number of carbonyl (C=O) groups excluding carboxylic acids is 2. The van der Waals surface area contributed by atoms with E-state index in [1.165, 1.54) is 11.9 Å². The van der Waals surface area contributed by atoms with Gasteiger partial charge in [-0.2, -0.15) is 0 Å². The molecule has 2 aliphatic rings. The zero-order valence-corrected chi connectivity index (χ0v) is 16.8. The van der Waals surface area contributed by atoms with E-state index in [1.54, 1.807) is 12.1 Å². The van der Waals surface area contributed by atoms with Crippen LogP contribution in [0.25, 0.3) is 0 Å². The Morgan fingerprint density at radius 1 is 1.10 bits per heavy atom. The van der Waals surface area contributed by atoms with E-state index in [2.05, 4.69) is 32.7 Å². The summed E-state index contributed by atoms with van der Waals surface area (Å²) in [4.78, 5) is 30.2. The third kappa shape index (κ3) is 5.70. The number of aromatic nitrogens is 1. The van der Waals surface area contributed by atoms with E-state index in [1.807, 2.05) is 12.1 Å². The Kier molecular flexibility index (Phi) is 6.44. The van der Waals surface area contributed by atoms with Crippen LogP contribution in [0.5, 0.6) is 5.88 Å². The highest BCUT2D eigenvalue weighted by Gasteiger charge is 2.29. The van der Waals surface area contributed by atoms with Crippen LogP contribution in [-0.4, -0.2) is 49.7 Å². The lowest BCUT2D eigenvalue weighted by molar-refractivity contribution is -0.123. The van der Waals surface area contributed by atoms with Crippen LogP contribution in [-0.2, 0) is 20.9 Å². The summed E-state index contributed by atoms with van der Waals surface area (Å²) in [5, 5.41) is 5.66. The summed E-state index contributed by atoms with van der Waals surface area (Å²) in [7, 11) is 0. The standard InChI is InChI=1S/C22H26N4O4/c27-20(15-30-21-8-5-18(14-24-21)25-22(28)17-3-4-17)23-13-16-1-6-19(7-2-16)26-9-11-29-12-10-26/h1-2,5-8,14,17H,3-4,9-13,15H2,(H,23,27)(H,25,28). The van der Waals surface area contributed by atoms with Gasteiger partial charge in [-0.3, -0.25) is 9.59 Å². The second-order valence-corrected chi connectivity index (χ2v) is 7.48. The van der Waals surface area contributed by atoms with Crippen LogP contribution < -0.4 is 20.3 Å². The molecule has 1 aromatic carbocycles. The Balaban J connectivity index is 1.18. The van der Waals surface area contributed by atoms with Crippen LogP contribution in [0, 0.1) is 5.92 Å². The van der Waals surface area contributed by atoms with Crippen molar-refractivity contribution in [2.24, 2.45) is 5.92 Å². The van der Waals surface area contributed by atoms with Crippen LogP contribution >= 0.6 is 0 Å². The second-order valence-electron chi connectivity index (χ2n) is 7.48. The Morgan fingerprint density at radius 2 is 1.87 bits per heavy atom. The molecule has 2 fully saturated rings. The summed E-state index contributed by atoms with van der Waals surface area (Å²) in [6.07, 6.45) is 3.44. The number of rotatable bonds is 8. The number of ether oxygens (including phenoxy) is 2. The molecule has 2 heterocycles. The van der Waals surface area contributed by atoms with Crippen molar-refractivity contribution < 1.29 is 19.1 Å². The fourth-order valence-electron chi connectivity index (χ4n) is 3.17. The smallest absolute Gasteiger partial charge is 0.258 e. The normalized spacial score (nSPS) is 16.1. The van der Waals surface area contributed by atoms with Crippen molar-refractivity contribution >= 4 is 23.2 Å². The fourth-order valence-corrected chi connectivity index (χ4v) is 3.17. The van der Waals surface area contributed by atoms with E-state index in [0.717, 1.165) is 44.7 Å². The van der Waals surface area contributed by atoms with Gasteiger partial charge in [0.1, 0.15) is 0 Å². The monoisotopic (exact) mass is 410 g/mol. The lowest BCUT2D eigenvalue weighted by Crippen LogP contribution is -2.36. The molecule has 2 amide bonds. The van der Waals surface area contributed by atoms with E-state index in [0.29, 0.717) is 18.1 Å². The number of carbonyl (C=O) groups is 2. The molecule has 0 radical (unpaired) electrons. The number of benzene rings is 1. The van der Waals surface area contributed by atoms with E-state index in [9.17, 15) is 9.59 Å². The van der Waals surface area contributed by atoms with Crippen LogP contribution in [0.4, 0.5) is 11.4 Å². The molecule has 0 atom stereocenters. The van der Waals surface area contributed by atoms with Crippen LogP contribution in [0.15, 0.2) is 42.6 Å². The summed E-state index contributed by atoms with van der Waals surface area (Å²) >= 11 is 0. The Morgan fingerprint density at radius 3 is 2.53 bits per heavy atom. The Hall–Kier alpha value is -3.13. The maximum Gasteiger partial charge on any atom is 0.258 e. The summed E-state index contributed by atoms with van der Waals surface area (Å²) in [6.45, 7) is 3.62. The van der Waals surface area contributed by atoms with Crippen molar-refractivity contribution in [1.29, 1.82) is 0 Å². The Labute approximate surface area is 175 Å². The molecule has 158 valence electrons. The van der Waals surface area contributed by atoms with E-state index >= 15 is 0 Å². The predicted molar refractivity (Wildman–Crippen MR) is 112 cm³/mol. The molecule has 1 saturated heterocycles. The van der Waals surface area contributed by atoms with E-state index in [-0.39, 0.29) is 24.3 Å². The number of nitrogens with one attached hydrogen (secondary N) is 2. The highest BCUT2D eigenvalue weighted by Crippen LogP contribution is 2.30. The zero-order chi connectivity index (χ0) is 20.8. The summed E-state index contributed by atoms with van der Waals surface area (Å²) in [6, 6.07) is 11.5. The first-order chi connectivity index (χ1) is 14.7. The molecule has 8 heteroatoms. The molecule has 2 aromatic rings. The van der Waals surface area contributed by atoms with Gasteiger partial charge >= 0.3 is 0 Å². The van der Waals surface area contributed by atoms with E-state index in [4.69, 9.17) is 9.47 Å². The summed E-state index contributed by atoms with van der Waals surface area (Å²) < 4.78 is 10.8. The largest absolute Gasteiger partial charge is 0.468 e. The molecule has 1 aromatic heterocycles. The SMILES string of the molecule is O=C(COc1ccc(NC(=O)C2CC2)cn1)NCc1ccc(N2CCOCC2)cc1. The number of pyridine rings is 1. The third-order valence-corrected chi connectivity index (χ3v) is 5.11. The molecular formula is C22H26N4O4. The molecule has 2 N–H and O–H groups in total. The number of hydrogen-bond acceptors (Lipinski definition) is 6. The molecule has 1 saturated carbocycles. The quantitative estimate of drug-likeness (QED) is 0.691. The second kappa shape index (κ2) is 9.58. The molecule has 0 unspecified atom stereocenters. The topological polar surface area (TPSA) is 92.8 Å². The minimum Gasteiger partial charge on any atom is -0.468 e. The molecule has 30 heavy (non-hydrogen) atoms. The van der Waals surface area contributed by atoms with Gasteiger partial charge in [0.05, 0.1) is 25.1 Å². The minimum atomic E-state index is -0.222. The van der Waals surface area contributed by atoms with Gasteiger partial charge in [-0.1, -0.05) is 12.1 Å². The van der Waals surface area contributed by atoms with Crippen LogP contribution in [0.3, 0.4) is 0 Å². The van der Waals surface area contributed by atoms with Crippen molar-refractivity contribution in [2.75, 3.05) is 43.1 Å². The number of morpholine rings is 1. The van der Waals surface area contributed by atoms with Gasteiger partial charge in [0.15, 0.2) is 6.61 Å². The van der Waals surface area contributed by atoms with Gasteiger partial charge in [-0.15, -0.1) is 0 Å². The van der Waals surface area contributed by atoms with Gasteiger partial charge in [-0.25, -0.2) is 4.98 Å². The lowest BCUT2D eigenvalue weighted by atomic mass is 10.2. The molecule has 0 spiro atoms. The van der Waals surface area contributed by atoms with Crippen LogP contribution in [0.2, 0.25) is 0 Å². The molecule has 0 bridgehead atoms. The molecule has 8 nitrogen and oxygen atoms in total. The van der Waals surface area contributed by atoms with Gasteiger partial charge < -0.3 is 25.0 Å². The first-order valence-corrected chi connectivity index (χ1v) is 10.3. The fraction of sp³-hybridized carbons (Fsp3) is 0.409. The molecule has 1 aliphatic heterocycles. The summed E-state index contributed by atoms with van der Waals surface area (Å²) in [5.41, 5.74) is 2.82. The molecule has 1 aliphatic carbocycles. The van der Waals surface area contributed by atoms with Gasteiger partial charge in [0, 0.05) is 37.3 Å². The zero-order valence-electron chi connectivity index (χ0n) is 16.8. The van der Waals surface area contributed by atoms with Crippen molar-refractivity contribution in [3.05, 3.63) is 48.2 Å². The third-order valence-electron chi connectivity index (χ3n) is 5.11. The van der Waals surface area contributed by atoms with Gasteiger partial charge in [0.2, 0.25) is 11.8 Å². The minimum absolute atomic E-state index is 0.0304. The average Bonchev–Trinajstić information content (AvgIpc) is 3.64. The average molecular weight is 410 g/mol.